The maximum atomic E-state index is 13.4. The monoisotopic (exact) mass is 507 g/mol. The van der Waals surface area contributed by atoms with Crippen LogP contribution in [0.5, 0.6) is 0 Å². The van der Waals surface area contributed by atoms with Crippen LogP contribution >= 0.6 is 11.3 Å². The predicted molar refractivity (Wildman–Crippen MR) is 125 cm³/mol. The lowest BCUT2D eigenvalue weighted by Crippen LogP contribution is -2.13. The number of rotatable bonds is 7. The predicted octanol–water partition coefficient (Wildman–Crippen LogP) is 7.70. The van der Waals surface area contributed by atoms with Gasteiger partial charge in [0.15, 0.2) is 0 Å². The fourth-order valence-electron chi connectivity index (χ4n) is 3.64. The summed E-state index contributed by atoms with van der Waals surface area (Å²) in [7, 11) is 0. The van der Waals surface area contributed by atoms with E-state index in [1.165, 1.54) is 11.3 Å². The quantitative estimate of drug-likeness (QED) is 0.154. The van der Waals surface area contributed by atoms with E-state index in [4.69, 9.17) is 0 Å². The third kappa shape index (κ3) is 6.11. The Hall–Kier alpha value is -3.58. The average molecular weight is 508 g/mol. The molecule has 2 aromatic carbocycles. The average Bonchev–Trinajstić information content (AvgIpc) is 3.29. The van der Waals surface area contributed by atoms with E-state index in [1.807, 2.05) is 23.6 Å². The van der Waals surface area contributed by atoms with E-state index in [0.29, 0.717) is 29.3 Å². The molecule has 0 radical (unpaired) electrons. The summed E-state index contributed by atoms with van der Waals surface area (Å²) in [6, 6.07) is 12.4. The van der Waals surface area contributed by atoms with Gasteiger partial charge in [-0.1, -0.05) is 24.3 Å². The van der Waals surface area contributed by atoms with Crippen molar-refractivity contribution in [3.8, 4) is 17.2 Å². The second kappa shape index (κ2) is 10.4. The fraction of sp³-hybridized carbons (Fsp3) is 0.200. The van der Waals surface area contributed by atoms with Crippen LogP contribution in [0.25, 0.3) is 16.7 Å². The molecule has 0 aliphatic carbocycles. The van der Waals surface area contributed by atoms with E-state index in [-0.39, 0.29) is 18.5 Å². The van der Waals surface area contributed by atoms with Gasteiger partial charge in [-0.25, -0.2) is 0 Å². The van der Waals surface area contributed by atoms with Crippen molar-refractivity contribution in [3.63, 3.8) is 0 Å². The summed E-state index contributed by atoms with van der Waals surface area (Å²) in [4.78, 5) is 0.798. The van der Waals surface area contributed by atoms with Crippen LogP contribution in [0, 0.1) is 11.3 Å². The molecule has 182 valence electrons. The third-order valence-corrected chi connectivity index (χ3v) is 6.38. The van der Waals surface area contributed by atoms with Crippen LogP contribution in [0.1, 0.15) is 34.1 Å². The van der Waals surface area contributed by atoms with Gasteiger partial charge in [0.05, 0.1) is 11.1 Å². The van der Waals surface area contributed by atoms with Gasteiger partial charge in [0.1, 0.15) is 11.8 Å². The highest BCUT2D eigenvalue weighted by molar-refractivity contribution is 7.11. The number of nitriles is 1. The minimum atomic E-state index is -4.76. The Kier molecular flexibility index (Phi) is 7.70. The van der Waals surface area contributed by atoms with Crippen molar-refractivity contribution in [2.24, 2.45) is 5.10 Å². The zero-order valence-electron chi connectivity index (χ0n) is 18.4. The number of aryl methyl sites for hydroxylation is 2. The van der Waals surface area contributed by atoms with Crippen LogP contribution in [0.2, 0.25) is 0 Å². The van der Waals surface area contributed by atoms with Gasteiger partial charge in [0, 0.05) is 22.7 Å². The first-order valence-electron chi connectivity index (χ1n) is 10.2. The molecule has 0 unspecified atom stereocenters. The molecule has 1 N–H and O–H groups in total. The highest BCUT2D eigenvalue weighted by Crippen LogP contribution is 2.38. The van der Waals surface area contributed by atoms with Crippen molar-refractivity contribution < 1.29 is 26.3 Å². The van der Waals surface area contributed by atoms with E-state index in [9.17, 15) is 31.6 Å². The summed E-state index contributed by atoms with van der Waals surface area (Å²) in [6.45, 7) is 5.07. The van der Waals surface area contributed by atoms with Crippen molar-refractivity contribution in [1.29, 1.82) is 5.26 Å². The lowest BCUT2D eigenvalue weighted by molar-refractivity contribution is -0.141. The summed E-state index contributed by atoms with van der Waals surface area (Å²) in [5, 5.41) is 14.7. The molecular formula is C25H19F6N3S. The van der Waals surface area contributed by atoms with Gasteiger partial charge in [0.25, 0.3) is 0 Å². The minimum absolute atomic E-state index is 0.109. The molecule has 10 heteroatoms. The molecule has 0 aliphatic rings. The zero-order valence-corrected chi connectivity index (χ0v) is 19.2. The van der Waals surface area contributed by atoms with Gasteiger partial charge in [-0.05, 0) is 66.1 Å². The number of nitrogens with one attached hydrogen (secondary N) is 1. The highest BCUT2D eigenvalue weighted by atomic mass is 32.1. The van der Waals surface area contributed by atoms with E-state index < -0.39 is 29.0 Å². The standard InChI is InChI=1S/C25H19F6N3S/c1-15(22(14-32)34-33-2)23-20(10-11-35-23)17-5-3-4-16(12-17)6-7-18-13-19(24(26,27)28)8-9-21(18)25(29,30)31/h3-5,8-13,34H,2,6-7H2,1H3/b22-15+. The molecule has 0 aliphatic heterocycles. The van der Waals surface area contributed by atoms with E-state index in [2.05, 4.69) is 17.2 Å². The lowest BCUT2D eigenvalue weighted by atomic mass is 9.95. The highest BCUT2D eigenvalue weighted by Gasteiger charge is 2.36. The second-order valence-corrected chi connectivity index (χ2v) is 8.53. The number of hydrogen-bond donors (Lipinski definition) is 1. The summed E-state index contributed by atoms with van der Waals surface area (Å²) in [5.74, 6) is 0. The molecule has 0 fully saturated rings. The molecule has 3 nitrogen and oxygen atoms in total. The first-order valence-corrected chi connectivity index (χ1v) is 11.1. The van der Waals surface area contributed by atoms with Gasteiger partial charge < -0.3 is 0 Å². The molecule has 0 spiro atoms. The summed E-state index contributed by atoms with van der Waals surface area (Å²) < 4.78 is 79.5. The van der Waals surface area contributed by atoms with Gasteiger partial charge in [0.2, 0.25) is 0 Å². The normalized spacial score (nSPS) is 12.6. The van der Waals surface area contributed by atoms with Crippen LogP contribution < -0.4 is 5.43 Å². The Bertz CT molecular complexity index is 1300. The molecule has 1 aromatic heterocycles. The lowest BCUT2D eigenvalue weighted by Gasteiger charge is -2.16. The minimum Gasteiger partial charge on any atom is -0.268 e. The summed E-state index contributed by atoms with van der Waals surface area (Å²) in [6.07, 6.45) is -9.61. The van der Waals surface area contributed by atoms with Gasteiger partial charge >= 0.3 is 12.4 Å². The first-order chi connectivity index (χ1) is 16.5. The summed E-state index contributed by atoms with van der Waals surface area (Å²) in [5.41, 5.74) is 3.06. The number of hydrazone groups is 1. The molecule has 0 bridgehead atoms. The van der Waals surface area contributed by atoms with Crippen molar-refractivity contribution in [2.75, 3.05) is 0 Å². The Morgan fingerprint density at radius 1 is 1.03 bits per heavy atom. The largest absolute Gasteiger partial charge is 0.416 e. The number of benzene rings is 2. The van der Waals surface area contributed by atoms with Crippen LogP contribution in [-0.4, -0.2) is 6.72 Å². The van der Waals surface area contributed by atoms with Gasteiger partial charge in [-0.3, -0.25) is 5.43 Å². The Balaban J connectivity index is 1.93. The molecule has 0 saturated heterocycles. The van der Waals surface area contributed by atoms with Crippen LogP contribution in [0.15, 0.2) is 64.7 Å². The fourth-order valence-corrected chi connectivity index (χ4v) is 4.57. The topological polar surface area (TPSA) is 48.2 Å². The molecule has 3 rings (SSSR count). The zero-order chi connectivity index (χ0) is 25.8. The van der Waals surface area contributed by atoms with Crippen molar-refractivity contribution in [1.82, 2.24) is 5.43 Å². The van der Waals surface area contributed by atoms with E-state index in [0.717, 1.165) is 16.0 Å². The van der Waals surface area contributed by atoms with E-state index in [1.54, 1.807) is 25.1 Å². The van der Waals surface area contributed by atoms with Crippen molar-refractivity contribution >= 4 is 23.6 Å². The number of alkyl halides is 6. The number of hydrogen-bond acceptors (Lipinski definition) is 4. The van der Waals surface area contributed by atoms with E-state index >= 15 is 0 Å². The van der Waals surface area contributed by atoms with Gasteiger partial charge in [-0.2, -0.15) is 36.7 Å². The number of halogens is 6. The van der Waals surface area contributed by atoms with Crippen LogP contribution in [0.3, 0.4) is 0 Å². The molecule has 0 amide bonds. The Morgan fingerprint density at radius 3 is 2.40 bits per heavy atom. The second-order valence-electron chi connectivity index (χ2n) is 7.61. The Labute approximate surface area is 202 Å². The van der Waals surface area contributed by atoms with Gasteiger partial charge in [-0.15, -0.1) is 11.3 Å². The molecule has 0 atom stereocenters. The third-order valence-electron chi connectivity index (χ3n) is 5.34. The number of thiophene rings is 1. The molecular weight excluding hydrogens is 488 g/mol. The number of nitrogens with zero attached hydrogens (tertiary/aromatic N) is 2. The molecule has 0 saturated carbocycles. The smallest absolute Gasteiger partial charge is 0.268 e. The van der Waals surface area contributed by atoms with Crippen LogP contribution in [0.4, 0.5) is 26.3 Å². The maximum Gasteiger partial charge on any atom is 0.416 e. The van der Waals surface area contributed by atoms with Crippen molar-refractivity contribution in [3.05, 3.63) is 86.7 Å². The number of allylic oxidation sites excluding steroid dienone is 2. The Morgan fingerprint density at radius 2 is 1.77 bits per heavy atom. The maximum absolute atomic E-state index is 13.4. The van der Waals surface area contributed by atoms with Crippen LogP contribution in [-0.2, 0) is 25.2 Å². The van der Waals surface area contributed by atoms with Crippen molar-refractivity contribution in [2.45, 2.75) is 32.1 Å². The molecule has 1 heterocycles. The molecule has 3 aromatic rings. The summed E-state index contributed by atoms with van der Waals surface area (Å²) >= 11 is 1.40. The first kappa shape index (κ1) is 26.0. The SMILES string of the molecule is C=NN/C(C#N)=C(\C)c1sccc1-c1cccc(CCc2cc(C(F)(F)F)ccc2C(F)(F)F)c1. The molecule has 35 heavy (non-hydrogen) atoms.